The highest BCUT2D eigenvalue weighted by Crippen LogP contribution is 2.24. The maximum absolute atomic E-state index is 11.4. The van der Waals surface area contributed by atoms with Gasteiger partial charge in [-0.25, -0.2) is 9.78 Å². The topological polar surface area (TPSA) is 70.5 Å². The molecule has 0 saturated carbocycles. The van der Waals surface area contributed by atoms with E-state index in [1.54, 1.807) is 55.6 Å². The molecule has 1 aromatic heterocycles. The molecule has 0 amide bonds. The lowest BCUT2D eigenvalue weighted by Gasteiger charge is -2.12. The quantitative estimate of drug-likeness (QED) is 0.642. The number of carbonyl (C=O) groups is 1. The highest BCUT2D eigenvalue weighted by Gasteiger charge is 2.14. The number of halogens is 1. The Bertz CT molecular complexity index is 899. The summed E-state index contributed by atoms with van der Waals surface area (Å²) in [6.07, 6.45) is 0.964. The van der Waals surface area contributed by atoms with E-state index in [1.165, 1.54) is 7.11 Å². The molecule has 0 aliphatic rings. The van der Waals surface area contributed by atoms with Gasteiger partial charge in [-0.2, -0.15) is 4.98 Å². The Kier molecular flexibility index (Phi) is 5.00. The maximum atomic E-state index is 11.4. The van der Waals surface area contributed by atoms with E-state index in [2.05, 4.69) is 14.7 Å². The molecule has 3 rings (SSSR count). The Morgan fingerprint density at radius 2 is 1.84 bits per heavy atom. The number of hydrogen-bond donors (Lipinski definition) is 0. The molecule has 3 aromatic rings. The smallest absolute Gasteiger partial charge is 0.346 e. The zero-order chi connectivity index (χ0) is 17.8. The normalized spacial score (nSPS) is 11.8. The molecule has 6 nitrogen and oxygen atoms in total. The Balaban J connectivity index is 1.71. The van der Waals surface area contributed by atoms with E-state index >= 15 is 0 Å². The van der Waals surface area contributed by atoms with Gasteiger partial charge in [0.15, 0.2) is 6.10 Å². The molecule has 0 radical (unpaired) electrons. The Hall–Kier alpha value is -2.86. The molecule has 1 atom stereocenters. The van der Waals surface area contributed by atoms with Crippen molar-refractivity contribution in [3.05, 3.63) is 53.7 Å². The van der Waals surface area contributed by atoms with Gasteiger partial charge in [-0.3, -0.25) is 0 Å². The van der Waals surface area contributed by atoms with Crippen molar-refractivity contribution >= 4 is 28.5 Å². The molecule has 128 valence electrons. The summed E-state index contributed by atoms with van der Waals surface area (Å²) in [5, 5.41) is 1.46. The molecular formula is C18H15ClN2O4. The van der Waals surface area contributed by atoms with Gasteiger partial charge in [0, 0.05) is 16.6 Å². The summed E-state index contributed by atoms with van der Waals surface area (Å²) < 4.78 is 15.7. The summed E-state index contributed by atoms with van der Waals surface area (Å²) in [5.74, 6) is 0.635. The van der Waals surface area contributed by atoms with Crippen LogP contribution in [-0.2, 0) is 9.53 Å². The standard InChI is InChI=1S/C18H15ClN2O4/c1-11(17(22)23-2)24-14-4-6-15(7-5-14)25-18-20-10-12-9-13(19)3-8-16(12)21-18/h3-11H,1-2H3. The molecule has 0 saturated heterocycles. The highest BCUT2D eigenvalue weighted by atomic mass is 35.5. The van der Waals surface area contributed by atoms with E-state index < -0.39 is 12.1 Å². The fourth-order valence-electron chi connectivity index (χ4n) is 2.15. The Labute approximate surface area is 149 Å². The first kappa shape index (κ1) is 17.0. The number of ether oxygens (including phenoxy) is 3. The number of rotatable bonds is 5. The number of hydrogen-bond acceptors (Lipinski definition) is 6. The van der Waals surface area contributed by atoms with E-state index in [-0.39, 0.29) is 6.01 Å². The van der Waals surface area contributed by atoms with Crippen molar-refractivity contribution in [1.82, 2.24) is 9.97 Å². The third-order valence-electron chi connectivity index (χ3n) is 3.40. The lowest BCUT2D eigenvalue weighted by atomic mass is 10.2. The summed E-state index contributed by atoms with van der Waals surface area (Å²) in [6, 6.07) is 12.4. The van der Waals surface area contributed by atoms with Gasteiger partial charge >= 0.3 is 12.0 Å². The molecule has 0 bridgehead atoms. The van der Waals surface area contributed by atoms with Crippen molar-refractivity contribution in [2.24, 2.45) is 0 Å². The van der Waals surface area contributed by atoms with Crippen LogP contribution in [0, 0.1) is 0 Å². The van der Waals surface area contributed by atoms with Gasteiger partial charge in [-0.1, -0.05) is 11.6 Å². The predicted octanol–water partition coefficient (Wildman–Crippen LogP) is 4.02. The second-order valence-electron chi connectivity index (χ2n) is 5.21. The largest absolute Gasteiger partial charge is 0.479 e. The fraction of sp³-hybridized carbons (Fsp3) is 0.167. The minimum atomic E-state index is -0.688. The lowest BCUT2D eigenvalue weighted by Crippen LogP contribution is -2.24. The Morgan fingerprint density at radius 3 is 2.56 bits per heavy atom. The van der Waals surface area contributed by atoms with E-state index in [9.17, 15) is 4.79 Å². The van der Waals surface area contributed by atoms with Crippen molar-refractivity contribution in [2.45, 2.75) is 13.0 Å². The Morgan fingerprint density at radius 1 is 1.12 bits per heavy atom. The molecular weight excluding hydrogens is 344 g/mol. The van der Waals surface area contributed by atoms with Crippen molar-refractivity contribution < 1.29 is 19.0 Å². The van der Waals surface area contributed by atoms with E-state index in [1.807, 2.05) is 0 Å². The van der Waals surface area contributed by atoms with Gasteiger partial charge in [-0.15, -0.1) is 0 Å². The number of benzene rings is 2. The minimum Gasteiger partial charge on any atom is -0.479 e. The summed E-state index contributed by atoms with van der Waals surface area (Å²) in [6.45, 7) is 1.62. The van der Waals surface area contributed by atoms with E-state index in [0.717, 1.165) is 10.9 Å². The monoisotopic (exact) mass is 358 g/mol. The molecule has 1 unspecified atom stereocenters. The van der Waals surface area contributed by atoms with Crippen LogP contribution in [0.4, 0.5) is 0 Å². The van der Waals surface area contributed by atoms with Crippen LogP contribution in [0.25, 0.3) is 10.9 Å². The number of aromatic nitrogens is 2. The van der Waals surface area contributed by atoms with E-state index in [4.69, 9.17) is 21.1 Å². The molecule has 0 spiro atoms. The maximum Gasteiger partial charge on any atom is 0.346 e. The van der Waals surface area contributed by atoms with Gasteiger partial charge in [0.25, 0.3) is 0 Å². The van der Waals surface area contributed by atoms with Crippen LogP contribution in [-0.4, -0.2) is 29.2 Å². The van der Waals surface area contributed by atoms with Crippen LogP contribution in [0.1, 0.15) is 6.92 Å². The minimum absolute atomic E-state index is 0.228. The molecule has 0 N–H and O–H groups in total. The lowest BCUT2D eigenvalue weighted by molar-refractivity contribution is -0.147. The fourth-order valence-corrected chi connectivity index (χ4v) is 2.33. The van der Waals surface area contributed by atoms with Crippen LogP contribution in [0.2, 0.25) is 5.02 Å². The molecule has 7 heteroatoms. The highest BCUT2D eigenvalue weighted by molar-refractivity contribution is 6.31. The third-order valence-corrected chi connectivity index (χ3v) is 3.63. The number of carbonyl (C=O) groups excluding carboxylic acids is 1. The molecule has 25 heavy (non-hydrogen) atoms. The zero-order valence-corrected chi connectivity index (χ0v) is 14.4. The SMILES string of the molecule is COC(=O)C(C)Oc1ccc(Oc2ncc3cc(Cl)ccc3n2)cc1. The van der Waals surface area contributed by atoms with Crippen LogP contribution >= 0.6 is 11.6 Å². The second-order valence-corrected chi connectivity index (χ2v) is 5.65. The summed E-state index contributed by atoms with van der Waals surface area (Å²) >= 11 is 5.94. The summed E-state index contributed by atoms with van der Waals surface area (Å²) in [5.41, 5.74) is 0.737. The van der Waals surface area contributed by atoms with Crippen molar-refractivity contribution in [1.29, 1.82) is 0 Å². The zero-order valence-electron chi connectivity index (χ0n) is 13.6. The van der Waals surface area contributed by atoms with Crippen LogP contribution in [0.3, 0.4) is 0 Å². The molecule has 0 aliphatic carbocycles. The van der Waals surface area contributed by atoms with Gasteiger partial charge in [0.2, 0.25) is 0 Å². The second kappa shape index (κ2) is 7.36. The van der Waals surface area contributed by atoms with Gasteiger partial charge < -0.3 is 14.2 Å². The molecule has 2 aromatic carbocycles. The van der Waals surface area contributed by atoms with Crippen LogP contribution < -0.4 is 9.47 Å². The first-order valence-corrected chi connectivity index (χ1v) is 7.87. The van der Waals surface area contributed by atoms with Crippen molar-refractivity contribution in [2.75, 3.05) is 7.11 Å². The van der Waals surface area contributed by atoms with E-state index in [0.29, 0.717) is 16.5 Å². The van der Waals surface area contributed by atoms with Gasteiger partial charge in [0.05, 0.1) is 12.6 Å². The average Bonchev–Trinajstić information content (AvgIpc) is 2.62. The number of fused-ring (bicyclic) bond motifs is 1. The number of nitrogens with zero attached hydrogens (tertiary/aromatic N) is 2. The predicted molar refractivity (Wildman–Crippen MR) is 93.2 cm³/mol. The van der Waals surface area contributed by atoms with Crippen LogP contribution in [0.15, 0.2) is 48.7 Å². The van der Waals surface area contributed by atoms with Crippen molar-refractivity contribution in [3.63, 3.8) is 0 Å². The number of methoxy groups -OCH3 is 1. The third kappa shape index (κ3) is 4.16. The summed E-state index contributed by atoms with van der Waals surface area (Å²) in [7, 11) is 1.32. The van der Waals surface area contributed by atoms with Crippen molar-refractivity contribution in [3.8, 4) is 17.5 Å². The van der Waals surface area contributed by atoms with Gasteiger partial charge in [-0.05, 0) is 49.4 Å². The summed E-state index contributed by atoms with van der Waals surface area (Å²) in [4.78, 5) is 19.9. The number of esters is 1. The molecule has 1 heterocycles. The first-order valence-electron chi connectivity index (χ1n) is 7.50. The van der Waals surface area contributed by atoms with Gasteiger partial charge in [0.1, 0.15) is 11.5 Å². The molecule has 0 aliphatic heterocycles. The first-order chi connectivity index (χ1) is 12.0. The average molecular weight is 359 g/mol. The van der Waals surface area contributed by atoms with Crippen LogP contribution in [0.5, 0.6) is 17.5 Å². The molecule has 0 fully saturated rings.